The average molecular weight is 359 g/mol. The Hall–Kier alpha value is -2.57. The number of Topliss-reactive ketones (excluding diaryl/α,β-unsaturated/α-hetero) is 1. The van der Waals surface area contributed by atoms with Crippen molar-refractivity contribution in [1.29, 1.82) is 0 Å². The van der Waals surface area contributed by atoms with Crippen LogP contribution in [0.15, 0.2) is 24.3 Å². The van der Waals surface area contributed by atoms with E-state index in [1.54, 1.807) is 0 Å². The van der Waals surface area contributed by atoms with Crippen molar-refractivity contribution in [3.8, 4) is 0 Å². The Kier molecular flexibility index (Phi) is 4.09. The molecule has 1 aromatic carbocycles. The van der Waals surface area contributed by atoms with E-state index in [1.807, 2.05) is 0 Å². The molecule has 26 heavy (non-hydrogen) atoms. The number of likely N-dealkylation sites (tertiary alicyclic amines) is 1. The number of carbonyl (C=O) groups is 4. The van der Waals surface area contributed by atoms with Gasteiger partial charge in [-0.1, -0.05) is 0 Å². The molecule has 4 atom stereocenters. The molecule has 1 saturated heterocycles. The first-order chi connectivity index (χ1) is 12.5. The molecule has 0 N–H and O–H groups in total. The van der Waals surface area contributed by atoms with Gasteiger partial charge in [-0.15, -0.1) is 0 Å². The van der Waals surface area contributed by atoms with Crippen LogP contribution in [0.3, 0.4) is 0 Å². The van der Waals surface area contributed by atoms with Crippen LogP contribution in [0.25, 0.3) is 0 Å². The Morgan fingerprint density at radius 2 is 1.62 bits per heavy atom. The Labute approximate surface area is 149 Å². The van der Waals surface area contributed by atoms with Crippen LogP contribution in [0.2, 0.25) is 0 Å². The summed E-state index contributed by atoms with van der Waals surface area (Å²) >= 11 is 0. The van der Waals surface area contributed by atoms with E-state index in [0.717, 1.165) is 36.3 Å². The van der Waals surface area contributed by atoms with Crippen molar-refractivity contribution in [2.24, 2.45) is 23.7 Å². The number of nitrogens with zero attached hydrogens (tertiary/aromatic N) is 1. The number of ketones is 1. The molecule has 136 valence electrons. The van der Waals surface area contributed by atoms with E-state index in [2.05, 4.69) is 0 Å². The number of hydrogen-bond acceptors (Lipinski definition) is 5. The summed E-state index contributed by atoms with van der Waals surface area (Å²) in [6.45, 7) is -0.973. The summed E-state index contributed by atoms with van der Waals surface area (Å²) in [5, 5.41) is 0. The zero-order valence-corrected chi connectivity index (χ0v) is 14.0. The summed E-state index contributed by atoms with van der Waals surface area (Å²) in [7, 11) is 0. The predicted molar refractivity (Wildman–Crippen MR) is 86.2 cm³/mol. The molecule has 7 heteroatoms. The predicted octanol–water partition coefficient (Wildman–Crippen LogP) is 1.58. The number of carbonyl (C=O) groups excluding carboxylic acids is 4. The maximum Gasteiger partial charge on any atom is 0.326 e. The maximum atomic E-state index is 12.9. The summed E-state index contributed by atoms with van der Waals surface area (Å²) in [5.41, 5.74) is 0.221. The van der Waals surface area contributed by atoms with Gasteiger partial charge in [0.05, 0.1) is 11.8 Å². The zero-order chi connectivity index (χ0) is 18.4. The van der Waals surface area contributed by atoms with Crippen LogP contribution >= 0.6 is 0 Å². The molecule has 1 aromatic rings. The van der Waals surface area contributed by atoms with Gasteiger partial charge in [0.25, 0.3) is 0 Å². The summed E-state index contributed by atoms with van der Waals surface area (Å²) in [4.78, 5) is 49.9. The van der Waals surface area contributed by atoms with E-state index in [1.165, 1.54) is 12.1 Å². The lowest BCUT2D eigenvalue weighted by Gasteiger charge is -2.19. The van der Waals surface area contributed by atoms with Crippen LogP contribution in [-0.4, -0.2) is 41.6 Å². The lowest BCUT2D eigenvalue weighted by atomic mass is 9.81. The fourth-order valence-electron chi connectivity index (χ4n) is 4.67. The molecule has 6 nitrogen and oxygen atoms in total. The number of ether oxygens (including phenoxy) is 1. The van der Waals surface area contributed by atoms with Gasteiger partial charge in [-0.25, -0.2) is 4.39 Å². The van der Waals surface area contributed by atoms with E-state index in [0.29, 0.717) is 0 Å². The van der Waals surface area contributed by atoms with Crippen LogP contribution in [0.5, 0.6) is 0 Å². The van der Waals surface area contributed by atoms with Crippen LogP contribution < -0.4 is 0 Å². The van der Waals surface area contributed by atoms with Crippen LogP contribution in [0, 0.1) is 29.5 Å². The number of rotatable bonds is 5. The number of esters is 1. The highest BCUT2D eigenvalue weighted by atomic mass is 19.1. The fourth-order valence-corrected chi connectivity index (χ4v) is 4.67. The number of benzene rings is 1. The zero-order valence-electron chi connectivity index (χ0n) is 14.0. The minimum absolute atomic E-state index is 0.221. The minimum atomic E-state index is -0.797. The van der Waals surface area contributed by atoms with E-state index < -0.39 is 30.7 Å². The average Bonchev–Trinajstić information content (AvgIpc) is 3.30. The van der Waals surface area contributed by atoms with Gasteiger partial charge in [-0.3, -0.25) is 24.1 Å². The van der Waals surface area contributed by atoms with Crippen molar-refractivity contribution in [3.63, 3.8) is 0 Å². The third kappa shape index (κ3) is 2.71. The molecule has 4 rings (SSSR count). The highest BCUT2D eigenvalue weighted by Crippen LogP contribution is 2.56. The second-order valence-electron chi connectivity index (χ2n) is 7.24. The number of amides is 2. The molecule has 2 bridgehead atoms. The monoisotopic (exact) mass is 359 g/mol. The quantitative estimate of drug-likeness (QED) is 0.453. The Balaban J connectivity index is 1.34. The van der Waals surface area contributed by atoms with Gasteiger partial charge in [-0.05, 0) is 55.4 Å². The molecule has 2 aliphatic carbocycles. The molecule has 3 fully saturated rings. The molecule has 2 amide bonds. The Morgan fingerprint density at radius 3 is 2.19 bits per heavy atom. The van der Waals surface area contributed by atoms with Crippen molar-refractivity contribution in [3.05, 3.63) is 35.6 Å². The molecule has 0 aromatic heterocycles. The van der Waals surface area contributed by atoms with Gasteiger partial charge in [0.2, 0.25) is 11.8 Å². The molecule has 1 aliphatic heterocycles. The van der Waals surface area contributed by atoms with Crippen molar-refractivity contribution in [1.82, 2.24) is 4.90 Å². The standard InChI is InChI=1S/C19H18FNO5/c20-13-5-3-10(4-6-13)14(22)9-26-15(23)8-21-18(24)16-11-1-2-12(7-11)17(16)19(21)25/h3-6,11-12,16-17H,1-2,7-9H2/t11-,12+,16-,17-/m0/s1. The van der Waals surface area contributed by atoms with E-state index in [-0.39, 0.29) is 41.0 Å². The van der Waals surface area contributed by atoms with Crippen LogP contribution in [0.1, 0.15) is 29.6 Å². The molecular weight excluding hydrogens is 341 g/mol. The van der Waals surface area contributed by atoms with Gasteiger partial charge in [0, 0.05) is 5.56 Å². The summed E-state index contributed by atoms with van der Waals surface area (Å²) in [5.74, 6) is -2.37. The molecule has 0 unspecified atom stereocenters. The first kappa shape index (κ1) is 16.9. The van der Waals surface area contributed by atoms with E-state index in [4.69, 9.17) is 4.74 Å². The molecule has 2 saturated carbocycles. The molecule has 0 spiro atoms. The molecule has 0 radical (unpaired) electrons. The lowest BCUT2D eigenvalue weighted by Crippen LogP contribution is -2.38. The van der Waals surface area contributed by atoms with Gasteiger partial charge >= 0.3 is 5.97 Å². The summed E-state index contributed by atoms with van der Waals surface area (Å²) in [6, 6.07) is 4.89. The SMILES string of the molecule is O=C(CN1C(=O)[C@H]2[C@@H]3CC[C@@H](C3)[C@@H]2C1=O)OCC(=O)c1ccc(F)cc1. The number of fused-ring (bicyclic) bond motifs is 5. The highest BCUT2D eigenvalue weighted by Gasteiger charge is 2.61. The van der Waals surface area contributed by atoms with Gasteiger partial charge in [-0.2, -0.15) is 0 Å². The van der Waals surface area contributed by atoms with Crippen molar-refractivity contribution < 1.29 is 28.3 Å². The minimum Gasteiger partial charge on any atom is -0.456 e. The normalized spacial score (nSPS) is 29.2. The molecule has 1 heterocycles. The first-order valence-corrected chi connectivity index (χ1v) is 8.75. The number of imide groups is 1. The van der Waals surface area contributed by atoms with Gasteiger partial charge in [0.15, 0.2) is 12.4 Å². The smallest absolute Gasteiger partial charge is 0.326 e. The highest BCUT2D eigenvalue weighted by molar-refractivity contribution is 6.08. The van der Waals surface area contributed by atoms with Gasteiger partial charge < -0.3 is 4.74 Å². The number of hydrogen-bond donors (Lipinski definition) is 0. The second-order valence-corrected chi connectivity index (χ2v) is 7.24. The van der Waals surface area contributed by atoms with E-state index >= 15 is 0 Å². The third-order valence-corrected chi connectivity index (χ3v) is 5.84. The molecular formula is C19H18FNO5. The summed E-state index contributed by atoms with van der Waals surface area (Å²) < 4.78 is 17.8. The topological polar surface area (TPSA) is 80.8 Å². The first-order valence-electron chi connectivity index (χ1n) is 8.75. The van der Waals surface area contributed by atoms with Crippen molar-refractivity contribution in [2.75, 3.05) is 13.2 Å². The van der Waals surface area contributed by atoms with Crippen molar-refractivity contribution in [2.45, 2.75) is 19.3 Å². The van der Waals surface area contributed by atoms with E-state index in [9.17, 15) is 23.6 Å². The Morgan fingerprint density at radius 1 is 1.04 bits per heavy atom. The lowest BCUT2D eigenvalue weighted by molar-refractivity contribution is -0.152. The third-order valence-electron chi connectivity index (χ3n) is 5.84. The second kappa shape index (κ2) is 6.30. The fraction of sp³-hybridized carbons (Fsp3) is 0.474. The van der Waals surface area contributed by atoms with Crippen LogP contribution in [0.4, 0.5) is 4.39 Å². The largest absolute Gasteiger partial charge is 0.456 e. The molecule has 3 aliphatic rings. The summed E-state index contributed by atoms with van der Waals surface area (Å²) in [6.07, 6.45) is 2.86. The van der Waals surface area contributed by atoms with Crippen LogP contribution in [-0.2, 0) is 19.1 Å². The van der Waals surface area contributed by atoms with Crippen molar-refractivity contribution >= 4 is 23.6 Å². The Bertz CT molecular complexity index is 762. The number of halogens is 1. The maximum absolute atomic E-state index is 12.9. The van der Waals surface area contributed by atoms with Gasteiger partial charge in [0.1, 0.15) is 12.4 Å².